The first-order valence-corrected chi connectivity index (χ1v) is 15.4. The average Bonchev–Trinajstić information content (AvgIpc) is 3.25. The topological polar surface area (TPSA) is 0 Å². The van der Waals surface area contributed by atoms with E-state index in [9.17, 15) is 0 Å². The van der Waals surface area contributed by atoms with Crippen LogP contribution < -0.4 is 24.8 Å². The zero-order valence-corrected chi connectivity index (χ0v) is 24.4. The van der Waals surface area contributed by atoms with Crippen LogP contribution in [0.2, 0.25) is 0 Å². The van der Waals surface area contributed by atoms with Crippen molar-refractivity contribution in [2.45, 2.75) is 118 Å². The molecular formula is C26H42Cl2Hf. The summed E-state index contributed by atoms with van der Waals surface area (Å²) in [6.07, 6.45) is 24.2. The third-order valence-electron chi connectivity index (χ3n) is 6.10. The average molecular weight is 604 g/mol. The predicted octanol–water partition coefficient (Wildman–Crippen LogP) is 3.01. The van der Waals surface area contributed by atoms with Gasteiger partial charge in [-0.1, -0.05) is 0 Å². The Kier molecular flexibility index (Phi) is 17.3. The summed E-state index contributed by atoms with van der Waals surface area (Å²) in [6, 6.07) is 0. The molecule has 2 aliphatic carbocycles. The largest absolute Gasteiger partial charge is 1.00 e. The molecule has 0 aromatic rings. The van der Waals surface area contributed by atoms with E-state index >= 15 is 0 Å². The van der Waals surface area contributed by atoms with Crippen LogP contribution >= 0.6 is 0 Å². The Bertz CT molecular complexity index is 544. The molecule has 0 saturated carbocycles. The Hall–Kier alpha value is 0.410. The van der Waals surface area contributed by atoms with E-state index in [4.69, 9.17) is 0 Å². The van der Waals surface area contributed by atoms with Gasteiger partial charge in [-0.3, -0.25) is 0 Å². The van der Waals surface area contributed by atoms with E-state index in [0.717, 1.165) is 0 Å². The monoisotopic (exact) mass is 604 g/mol. The summed E-state index contributed by atoms with van der Waals surface area (Å²) in [5, 5.41) is 0. The van der Waals surface area contributed by atoms with Crippen molar-refractivity contribution >= 4 is 0 Å². The third kappa shape index (κ3) is 9.20. The van der Waals surface area contributed by atoms with E-state index in [1.807, 2.05) is 29.0 Å². The number of rotatable bonds is 14. The zero-order chi connectivity index (χ0) is 19.5. The fraction of sp³-hybridized carbons (Fsp3) is 0.692. The molecule has 0 nitrogen and oxygen atoms in total. The first-order valence-electron chi connectivity index (χ1n) is 11.8. The van der Waals surface area contributed by atoms with Gasteiger partial charge in [0.05, 0.1) is 0 Å². The Balaban J connectivity index is 0.00000392. The first kappa shape index (κ1) is 29.4. The molecule has 0 bridgehead atoms. The van der Waals surface area contributed by atoms with Crippen LogP contribution in [0.15, 0.2) is 41.1 Å². The summed E-state index contributed by atoms with van der Waals surface area (Å²) < 4.78 is 3.76. The van der Waals surface area contributed by atoms with Gasteiger partial charge >= 0.3 is 182 Å². The van der Waals surface area contributed by atoms with Crippen LogP contribution in [-0.2, 0) is 22.9 Å². The van der Waals surface area contributed by atoms with Gasteiger partial charge in [0.15, 0.2) is 0 Å². The van der Waals surface area contributed by atoms with Gasteiger partial charge < -0.3 is 24.8 Å². The van der Waals surface area contributed by atoms with Gasteiger partial charge in [-0.2, -0.15) is 0 Å². The maximum Gasteiger partial charge on any atom is -1.00 e. The molecule has 0 aromatic carbocycles. The minimum atomic E-state index is -0.891. The van der Waals surface area contributed by atoms with E-state index < -0.39 is 22.9 Å². The smallest absolute Gasteiger partial charge is 1.00 e. The van der Waals surface area contributed by atoms with Crippen molar-refractivity contribution in [1.29, 1.82) is 0 Å². The number of hydrogen-bond acceptors (Lipinski definition) is 0. The molecule has 0 amide bonds. The third-order valence-corrected chi connectivity index (χ3v) is 11.7. The molecule has 0 saturated heterocycles. The SMILES string of the molecule is CCCCC1=C(CCCC)[C]([Hf+2][C]2=CCC(CCCC)=C2CCCC)=CC1.[Cl-].[Cl-]. The minimum Gasteiger partial charge on any atom is -1.00 e. The van der Waals surface area contributed by atoms with Crippen molar-refractivity contribution in [1.82, 2.24) is 0 Å². The van der Waals surface area contributed by atoms with Crippen molar-refractivity contribution in [2.24, 2.45) is 0 Å². The molecule has 0 atom stereocenters. The molecular weight excluding hydrogens is 562 g/mol. The number of unbranched alkanes of at least 4 members (excludes halogenated alkanes) is 4. The molecule has 0 unspecified atom stereocenters. The van der Waals surface area contributed by atoms with Crippen LogP contribution in [0.4, 0.5) is 0 Å². The van der Waals surface area contributed by atoms with E-state index in [0.29, 0.717) is 0 Å². The minimum absolute atomic E-state index is 0. The maximum absolute atomic E-state index is 2.67. The number of allylic oxidation sites excluding steroid dienone is 8. The Labute approximate surface area is 205 Å². The van der Waals surface area contributed by atoms with Crippen molar-refractivity contribution in [2.75, 3.05) is 0 Å². The number of hydrogen-bond donors (Lipinski definition) is 0. The summed E-state index contributed by atoms with van der Waals surface area (Å²) in [5.41, 5.74) is 7.31. The quantitative estimate of drug-likeness (QED) is 0.268. The van der Waals surface area contributed by atoms with Gasteiger partial charge in [0, 0.05) is 0 Å². The fourth-order valence-corrected chi connectivity index (χ4v) is 10.1. The van der Waals surface area contributed by atoms with E-state index in [1.165, 1.54) is 89.9 Å². The van der Waals surface area contributed by atoms with Crippen molar-refractivity contribution < 1.29 is 47.7 Å². The van der Waals surface area contributed by atoms with Gasteiger partial charge in [-0.15, -0.1) is 0 Å². The van der Waals surface area contributed by atoms with Crippen LogP contribution in [0.5, 0.6) is 0 Å². The van der Waals surface area contributed by atoms with Crippen LogP contribution in [0.3, 0.4) is 0 Å². The van der Waals surface area contributed by atoms with Crippen LogP contribution in [-0.4, -0.2) is 0 Å². The molecule has 0 radical (unpaired) electrons. The van der Waals surface area contributed by atoms with Crippen LogP contribution in [0.25, 0.3) is 0 Å². The molecule has 0 aliphatic heterocycles. The predicted molar refractivity (Wildman–Crippen MR) is 118 cm³/mol. The summed E-state index contributed by atoms with van der Waals surface area (Å²) in [5.74, 6) is 0. The molecule has 0 fully saturated rings. The molecule has 3 heteroatoms. The van der Waals surface area contributed by atoms with E-state index in [-0.39, 0.29) is 24.8 Å². The van der Waals surface area contributed by atoms with Crippen LogP contribution in [0.1, 0.15) is 118 Å². The van der Waals surface area contributed by atoms with E-state index in [2.05, 4.69) is 39.8 Å². The second-order valence-corrected chi connectivity index (χ2v) is 13.1. The maximum atomic E-state index is 2.67. The standard InChI is InChI=1S/2C13H21.2ClH.Hf/c2*1-3-5-8-12-10-7-11-13(12)9-6-4-2;;;/h2*7H,3-6,8-10H2,1-2H3;2*1H;/q;;;;+2/p-2. The summed E-state index contributed by atoms with van der Waals surface area (Å²) in [7, 11) is 0. The van der Waals surface area contributed by atoms with Crippen molar-refractivity contribution in [3.8, 4) is 0 Å². The first-order chi connectivity index (χ1) is 13.2. The second-order valence-electron chi connectivity index (χ2n) is 8.35. The second kappa shape index (κ2) is 17.0. The van der Waals surface area contributed by atoms with Crippen LogP contribution in [0, 0.1) is 0 Å². The normalized spacial score (nSPS) is 15.7. The molecule has 0 spiro atoms. The molecule has 0 aromatic heterocycles. The van der Waals surface area contributed by atoms with Gasteiger partial charge in [-0.25, -0.2) is 0 Å². The van der Waals surface area contributed by atoms with Gasteiger partial charge in [0.2, 0.25) is 0 Å². The van der Waals surface area contributed by atoms with Crippen molar-refractivity contribution in [3.63, 3.8) is 0 Å². The van der Waals surface area contributed by atoms with Gasteiger partial charge in [-0.05, 0) is 0 Å². The zero-order valence-electron chi connectivity index (χ0n) is 19.3. The Morgan fingerprint density at radius 2 is 0.931 bits per heavy atom. The number of halogens is 2. The molecule has 29 heavy (non-hydrogen) atoms. The van der Waals surface area contributed by atoms with Gasteiger partial charge in [0.25, 0.3) is 0 Å². The molecule has 2 rings (SSSR count). The Morgan fingerprint density at radius 3 is 1.28 bits per heavy atom. The summed E-state index contributed by atoms with van der Waals surface area (Å²) >= 11 is -0.891. The summed E-state index contributed by atoms with van der Waals surface area (Å²) in [4.78, 5) is 0. The van der Waals surface area contributed by atoms with Gasteiger partial charge in [0.1, 0.15) is 0 Å². The molecule has 0 N–H and O–H groups in total. The molecule has 2 aliphatic rings. The summed E-state index contributed by atoms with van der Waals surface area (Å²) in [6.45, 7) is 9.36. The molecule has 0 heterocycles. The van der Waals surface area contributed by atoms with Crippen molar-refractivity contribution in [3.05, 3.63) is 41.1 Å². The van der Waals surface area contributed by atoms with E-state index in [1.54, 1.807) is 0 Å². The Morgan fingerprint density at radius 1 is 0.586 bits per heavy atom. The molecule has 164 valence electrons. The fourth-order valence-electron chi connectivity index (χ4n) is 4.34.